The van der Waals surface area contributed by atoms with Gasteiger partial charge in [-0.15, -0.1) is 0 Å². The fourth-order valence-electron chi connectivity index (χ4n) is 1.60. The molecule has 0 aliphatic heterocycles. The molecule has 0 aromatic heterocycles. The van der Waals surface area contributed by atoms with Crippen molar-refractivity contribution in [1.82, 2.24) is 4.90 Å². The molecule has 0 fully saturated rings. The molecule has 1 atom stereocenters. The summed E-state index contributed by atoms with van der Waals surface area (Å²) in [6.45, 7) is 4.28. The molecular weight excluding hydrogens is 226 g/mol. The van der Waals surface area contributed by atoms with Gasteiger partial charge in [0.05, 0.1) is 0 Å². The van der Waals surface area contributed by atoms with Crippen molar-refractivity contribution in [2.24, 2.45) is 0 Å². The zero-order valence-electron chi connectivity index (χ0n) is 9.70. The Morgan fingerprint density at radius 3 is 2.31 bits per heavy atom. The summed E-state index contributed by atoms with van der Waals surface area (Å²) in [7, 11) is 1.79. The van der Waals surface area contributed by atoms with Crippen molar-refractivity contribution >= 4 is 17.6 Å². The smallest absolute Gasteiger partial charge is 0.328 e. The Bertz CT molecular complexity index is 377. The highest BCUT2D eigenvalue weighted by molar-refractivity contribution is 6.30. The molecule has 0 heterocycles. The number of carboxylic acids is 1. The summed E-state index contributed by atoms with van der Waals surface area (Å²) in [6, 6.07) is 6.92. The molecule has 1 unspecified atom stereocenters. The second-order valence-electron chi connectivity index (χ2n) is 3.90. The molecule has 0 radical (unpaired) electrons. The van der Waals surface area contributed by atoms with Crippen LogP contribution in [0.15, 0.2) is 24.3 Å². The third-order valence-electron chi connectivity index (χ3n) is 3.06. The molecule has 88 valence electrons. The van der Waals surface area contributed by atoms with Gasteiger partial charge in [0.25, 0.3) is 0 Å². The Hall–Kier alpha value is -1.06. The Balaban J connectivity index is 3.21. The highest BCUT2D eigenvalue weighted by atomic mass is 35.5. The first kappa shape index (κ1) is 13.0. The SMILES string of the molecule is CCN(C)C(C)(C(=O)O)c1ccc(Cl)cc1. The van der Waals surface area contributed by atoms with Gasteiger partial charge < -0.3 is 5.11 Å². The number of nitrogens with zero attached hydrogens (tertiary/aromatic N) is 1. The maximum Gasteiger partial charge on any atom is 0.328 e. The lowest BCUT2D eigenvalue weighted by Gasteiger charge is -2.34. The Kier molecular flexibility index (Phi) is 3.94. The number of aliphatic carboxylic acids is 1. The number of hydrogen-bond acceptors (Lipinski definition) is 2. The van der Waals surface area contributed by atoms with Gasteiger partial charge in [-0.1, -0.05) is 30.7 Å². The van der Waals surface area contributed by atoms with Crippen LogP contribution < -0.4 is 0 Å². The quantitative estimate of drug-likeness (QED) is 0.881. The molecule has 0 spiro atoms. The van der Waals surface area contributed by atoms with Crippen LogP contribution in [0.4, 0.5) is 0 Å². The molecule has 0 amide bonds. The van der Waals surface area contributed by atoms with Crippen LogP contribution in [0.25, 0.3) is 0 Å². The van der Waals surface area contributed by atoms with Gasteiger partial charge in [0, 0.05) is 5.02 Å². The van der Waals surface area contributed by atoms with Crippen LogP contribution in [0.5, 0.6) is 0 Å². The molecule has 0 aliphatic carbocycles. The van der Waals surface area contributed by atoms with Crippen molar-refractivity contribution in [2.75, 3.05) is 13.6 Å². The van der Waals surface area contributed by atoms with E-state index in [0.717, 1.165) is 5.56 Å². The van der Waals surface area contributed by atoms with E-state index < -0.39 is 11.5 Å². The van der Waals surface area contributed by atoms with Crippen molar-refractivity contribution in [1.29, 1.82) is 0 Å². The van der Waals surface area contributed by atoms with Crippen LogP contribution in [0, 0.1) is 0 Å². The predicted molar refractivity (Wildman–Crippen MR) is 64.7 cm³/mol. The van der Waals surface area contributed by atoms with Crippen molar-refractivity contribution in [3.8, 4) is 0 Å². The van der Waals surface area contributed by atoms with E-state index in [2.05, 4.69) is 0 Å². The monoisotopic (exact) mass is 241 g/mol. The van der Waals surface area contributed by atoms with Gasteiger partial charge in [0.2, 0.25) is 0 Å². The minimum atomic E-state index is -1.01. The maximum absolute atomic E-state index is 11.4. The van der Waals surface area contributed by atoms with Gasteiger partial charge in [-0.05, 0) is 38.2 Å². The lowest BCUT2D eigenvalue weighted by atomic mass is 9.90. The minimum Gasteiger partial charge on any atom is -0.480 e. The van der Waals surface area contributed by atoms with Crippen molar-refractivity contribution in [3.05, 3.63) is 34.9 Å². The third kappa shape index (κ3) is 2.20. The second-order valence-corrected chi connectivity index (χ2v) is 4.33. The first-order valence-electron chi connectivity index (χ1n) is 5.13. The second kappa shape index (κ2) is 4.85. The Morgan fingerprint density at radius 1 is 1.44 bits per heavy atom. The average Bonchev–Trinajstić information content (AvgIpc) is 2.27. The summed E-state index contributed by atoms with van der Waals surface area (Å²) in [6.07, 6.45) is 0. The minimum absolute atomic E-state index is 0.607. The van der Waals surface area contributed by atoms with Crippen LogP contribution in [0.2, 0.25) is 5.02 Å². The van der Waals surface area contributed by atoms with Crippen LogP contribution >= 0.6 is 11.6 Å². The first-order valence-corrected chi connectivity index (χ1v) is 5.51. The molecule has 3 nitrogen and oxygen atoms in total. The standard InChI is InChI=1S/C12H16ClNO2/c1-4-14(3)12(2,11(15)16)9-5-7-10(13)8-6-9/h5-8H,4H2,1-3H3,(H,15,16). The summed E-state index contributed by atoms with van der Waals surface area (Å²) in [5, 5.41) is 9.99. The number of benzene rings is 1. The molecule has 0 aliphatic rings. The van der Waals surface area contributed by atoms with Gasteiger partial charge in [-0.2, -0.15) is 0 Å². The van der Waals surface area contributed by atoms with E-state index >= 15 is 0 Å². The number of hydrogen-bond donors (Lipinski definition) is 1. The highest BCUT2D eigenvalue weighted by Crippen LogP contribution is 2.28. The van der Waals surface area contributed by atoms with E-state index in [1.54, 1.807) is 43.1 Å². The highest BCUT2D eigenvalue weighted by Gasteiger charge is 2.38. The number of halogens is 1. The summed E-state index contributed by atoms with van der Waals surface area (Å²) in [5.74, 6) is -0.862. The van der Waals surface area contributed by atoms with Gasteiger partial charge in [-0.3, -0.25) is 4.90 Å². The first-order chi connectivity index (χ1) is 7.42. The van der Waals surface area contributed by atoms with E-state index in [9.17, 15) is 9.90 Å². The van der Waals surface area contributed by atoms with Crippen molar-refractivity contribution in [3.63, 3.8) is 0 Å². The molecule has 0 bridgehead atoms. The van der Waals surface area contributed by atoms with Gasteiger partial charge >= 0.3 is 5.97 Å². The normalized spacial score (nSPS) is 14.8. The molecule has 0 saturated heterocycles. The van der Waals surface area contributed by atoms with E-state index in [1.807, 2.05) is 6.92 Å². The molecule has 16 heavy (non-hydrogen) atoms. The average molecular weight is 242 g/mol. The van der Waals surface area contributed by atoms with Crippen LogP contribution in [-0.4, -0.2) is 29.6 Å². The van der Waals surface area contributed by atoms with E-state index in [4.69, 9.17) is 11.6 Å². The lowest BCUT2D eigenvalue weighted by molar-refractivity contribution is -0.150. The Morgan fingerprint density at radius 2 is 1.94 bits per heavy atom. The molecule has 4 heteroatoms. The predicted octanol–water partition coefficient (Wildman–Crippen LogP) is 2.59. The van der Waals surface area contributed by atoms with Gasteiger partial charge in [0.15, 0.2) is 0 Å². The van der Waals surface area contributed by atoms with E-state index in [-0.39, 0.29) is 0 Å². The number of carboxylic acid groups (broad SMARTS) is 1. The molecular formula is C12H16ClNO2. The van der Waals surface area contributed by atoms with Gasteiger partial charge in [0.1, 0.15) is 5.54 Å². The largest absolute Gasteiger partial charge is 0.480 e. The molecule has 1 aromatic rings. The maximum atomic E-state index is 11.4. The number of likely N-dealkylation sites (N-methyl/N-ethyl adjacent to an activating group) is 1. The van der Waals surface area contributed by atoms with Crippen molar-refractivity contribution in [2.45, 2.75) is 19.4 Å². The van der Waals surface area contributed by atoms with Crippen LogP contribution in [0.1, 0.15) is 19.4 Å². The summed E-state index contributed by atoms with van der Waals surface area (Å²) in [4.78, 5) is 13.2. The molecule has 1 aromatic carbocycles. The number of rotatable bonds is 4. The van der Waals surface area contributed by atoms with Gasteiger partial charge in [-0.25, -0.2) is 4.79 Å². The van der Waals surface area contributed by atoms with Crippen LogP contribution in [0.3, 0.4) is 0 Å². The van der Waals surface area contributed by atoms with Crippen molar-refractivity contribution < 1.29 is 9.90 Å². The van der Waals surface area contributed by atoms with E-state index in [1.165, 1.54) is 0 Å². The number of carbonyl (C=O) groups is 1. The summed E-state index contributed by atoms with van der Waals surface area (Å²) < 4.78 is 0. The zero-order valence-corrected chi connectivity index (χ0v) is 10.5. The fourth-order valence-corrected chi connectivity index (χ4v) is 1.72. The summed E-state index contributed by atoms with van der Waals surface area (Å²) in [5.41, 5.74) is -0.284. The zero-order chi connectivity index (χ0) is 12.3. The molecule has 0 saturated carbocycles. The molecule has 1 rings (SSSR count). The third-order valence-corrected chi connectivity index (χ3v) is 3.31. The topological polar surface area (TPSA) is 40.5 Å². The lowest BCUT2D eigenvalue weighted by Crippen LogP contribution is -2.47. The summed E-state index contributed by atoms with van der Waals surface area (Å²) >= 11 is 5.79. The molecule has 1 N–H and O–H groups in total. The Labute approximate surface area is 101 Å². The van der Waals surface area contributed by atoms with Crippen LogP contribution in [-0.2, 0) is 10.3 Å². The fraction of sp³-hybridized carbons (Fsp3) is 0.417. The van der Waals surface area contributed by atoms with E-state index in [0.29, 0.717) is 11.6 Å².